The molecular weight excluding hydrogens is 1380 g/mol. The number of nitrogens with zero attached hydrogens (tertiary/aromatic N) is 6. The fourth-order valence-corrected chi connectivity index (χ4v) is 23.9. The van der Waals surface area contributed by atoms with E-state index in [0.717, 1.165) is 71.4 Å². The summed E-state index contributed by atoms with van der Waals surface area (Å²) in [6, 6.07) is 94.8. The number of aryl methyl sites for hydroxylation is 2. The zero-order chi connectivity index (χ0) is 74.7. The lowest BCUT2D eigenvalue weighted by molar-refractivity contribution is 0.338. The molecule has 22 rings (SSSR count). The van der Waals surface area contributed by atoms with Gasteiger partial charge in [0.25, 0.3) is 0 Å². The van der Waals surface area contributed by atoms with E-state index in [1.165, 1.54) is 234 Å². The van der Waals surface area contributed by atoms with Gasteiger partial charge in [0, 0.05) is 134 Å². The highest BCUT2D eigenvalue weighted by molar-refractivity contribution is 7.99. The summed E-state index contributed by atoms with van der Waals surface area (Å²) in [6.45, 7) is 18.8. The van der Waals surface area contributed by atoms with Crippen LogP contribution in [0, 0.1) is 5.92 Å². The lowest BCUT2D eigenvalue weighted by atomic mass is 9.72. The van der Waals surface area contributed by atoms with Crippen LogP contribution in [0.2, 0.25) is 0 Å². The van der Waals surface area contributed by atoms with Gasteiger partial charge < -0.3 is 29.4 Å². The molecule has 112 heavy (non-hydrogen) atoms. The minimum Gasteiger partial charge on any atom is -0.372 e. The average molecular weight is 1480 g/mol. The van der Waals surface area contributed by atoms with E-state index in [0.29, 0.717) is 11.8 Å². The van der Waals surface area contributed by atoms with E-state index >= 15 is 0 Å². The van der Waals surface area contributed by atoms with Crippen LogP contribution in [0.5, 0.6) is 0 Å². The van der Waals surface area contributed by atoms with E-state index in [4.69, 9.17) is 0 Å². The summed E-state index contributed by atoms with van der Waals surface area (Å²) < 4.78 is 0. The molecule has 0 bridgehead atoms. The Balaban J connectivity index is 0.748. The summed E-state index contributed by atoms with van der Waals surface area (Å²) >= 11 is 1.91. The van der Waals surface area contributed by atoms with Gasteiger partial charge in [0.05, 0.1) is 22.7 Å². The molecule has 0 radical (unpaired) electrons. The standard InChI is InChI=1S/C105H100N6S/c1-67-60-71(62-90-99(67)82-31-11-13-33-88(82)105(90,4)5)101-79-50-45-73(107-56-24-7-25-57-107)64-85(79)103(111-95-38-16-18-40-97(95)112-98-41-19-17-39-96(98)111)81-53-48-74(65-84(81)101)108-58-26-20-36-93(108)94-37-21-27-59-109(94)75-47-51-78-86(66-75)102(110-91-34-14-8-28-68(91)42-43-69-29-9-15-35-92(69)110)80-52-46-72(106-54-22-6-23-55-106)63-83(80)100(78)70-44-49-77-76-30-10-12-32-87(76)104(2,3)89(77)61-70/h8-19,28-35,38-41,44-53,60-67,93-94,99H,6-7,20-27,36-37,42-43,54-59H2,1-5H3. The second-order valence-electron chi connectivity index (χ2n) is 35.1. The van der Waals surface area contributed by atoms with Crippen molar-refractivity contribution >= 4 is 117 Å². The third-order valence-corrected chi connectivity index (χ3v) is 29.4. The topological polar surface area (TPSA) is 19.4 Å². The summed E-state index contributed by atoms with van der Waals surface area (Å²) in [4.78, 5) is 19.2. The highest BCUT2D eigenvalue weighted by Crippen LogP contribution is 2.61. The highest BCUT2D eigenvalue weighted by Gasteiger charge is 2.46. The number of rotatable bonds is 9. The Morgan fingerprint density at radius 3 is 1.44 bits per heavy atom. The molecule has 4 saturated heterocycles. The third-order valence-electron chi connectivity index (χ3n) is 28.2. The zero-order valence-electron chi connectivity index (χ0n) is 65.7. The maximum Gasteiger partial charge on any atom is 0.0620 e. The third kappa shape index (κ3) is 10.8. The molecule has 7 heteroatoms. The molecular formula is C105H100N6S. The van der Waals surface area contributed by atoms with Crippen molar-refractivity contribution in [3.8, 4) is 22.3 Å². The molecule has 556 valence electrons. The van der Waals surface area contributed by atoms with Crippen LogP contribution in [0.25, 0.3) is 70.9 Å². The first-order valence-corrected chi connectivity index (χ1v) is 43.3. The number of anilines is 10. The van der Waals surface area contributed by atoms with Gasteiger partial charge in [-0.1, -0.05) is 210 Å². The van der Waals surface area contributed by atoms with Gasteiger partial charge in [0.2, 0.25) is 0 Å². The largest absolute Gasteiger partial charge is 0.372 e. The predicted molar refractivity (Wildman–Crippen MR) is 476 cm³/mol. The lowest BCUT2D eigenvalue weighted by Gasteiger charge is -2.49. The summed E-state index contributed by atoms with van der Waals surface area (Å²) in [7, 11) is 0. The molecule has 0 saturated carbocycles. The first kappa shape index (κ1) is 68.3. The monoisotopic (exact) mass is 1480 g/mol. The number of hydrogen-bond acceptors (Lipinski definition) is 7. The van der Waals surface area contributed by atoms with E-state index < -0.39 is 0 Å². The number of para-hydroxylation sites is 4. The molecule has 6 heterocycles. The Labute approximate surface area is 666 Å². The Kier molecular flexibility index (Phi) is 16.4. The van der Waals surface area contributed by atoms with Crippen LogP contribution in [0.3, 0.4) is 0 Å². The van der Waals surface area contributed by atoms with Crippen molar-refractivity contribution in [1.29, 1.82) is 0 Å². The van der Waals surface area contributed by atoms with Crippen LogP contribution in [0.15, 0.2) is 264 Å². The van der Waals surface area contributed by atoms with Gasteiger partial charge in [-0.2, -0.15) is 0 Å². The maximum absolute atomic E-state index is 2.93. The van der Waals surface area contributed by atoms with Crippen molar-refractivity contribution < 1.29 is 0 Å². The van der Waals surface area contributed by atoms with E-state index in [1.54, 1.807) is 5.57 Å². The quantitative estimate of drug-likeness (QED) is 0.132. The fourth-order valence-electron chi connectivity index (χ4n) is 22.8. The molecule has 3 aliphatic carbocycles. The normalized spacial score (nSPS) is 20.8. The molecule has 4 unspecified atom stereocenters. The molecule has 9 aliphatic rings. The number of hydrogen-bond donors (Lipinski definition) is 0. The van der Waals surface area contributed by atoms with Crippen LogP contribution >= 0.6 is 11.8 Å². The minimum absolute atomic E-state index is 0.116. The first-order chi connectivity index (χ1) is 55.0. The second-order valence-corrected chi connectivity index (χ2v) is 36.2. The molecule has 4 fully saturated rings. The van der Waals surface area contributed by atoms with Gasteiger partial charge in [-0.15, -0.1) is 0 Å². The number of allylic oxidation sites excluding steroid dienone is 4. The van der Waals surface area contributed by atoms with Crippen molar-refractivity contribution in [2.24, 2.45) is 5.92 Å². The first-order valence-electron chi connectivity index (χ1n) is 42.5. The van der Waals surface area contributed by atoms with E-state index in [9.17, 15) is 0 Å². The van der Waals surface area contributed by atoms with Crippen molar-refractivity contribution in [2.45, 2.75) is 163 Å². The van der Waals surface area contributed by atoms with Crippen molar-refractivity contribution in [3.05, 3.63) is 293 Å². The predicted octanol–water partition coefficient (Wildman–Crippen LogP) is 27.2. The molecule has 4 atom stereocenters. The number of benzene rings is 13. The van der Waals surface area contributed by atoms with Crippen molar-refractivity contribution in [3.63, 3.8) is 0 Å². The highest BCUT2D eigenvalue weighted by atomic mass is 32.2. The van der Waals surface area contributed by atoms with Crippen LogP contribution in [-0.4, -0.2) is 51.4 Å². The Bertz CT molecular complexity index is 5990. The summed E-state index contributed by atoms with van der Waals surface area (Å²) in [6.07, 6.45) is 21.9. The van der Waals surface area contributed by atoms with E-state index in [-0.39, 0.29) is 22.9 Å². The maximum atomic E-state index is 2.93. The Morgan fingerprint density at radius 1 is 0.357 bits per heavy atom. The summed E-state index contributed by atoms with van der Waals surface area (Å²) in [5.74, 6) is 0.640. The number of piperidine rings is 4. The molecule has 6 aliphatic heterocycles. The molecule has 0 aromatic heterocycles. The van der Waals surface area contributed by atoms with E-state index in [2.05, 4.69) is 313 Å². The van der Waals surface area contributed by atoms with E-state index in [1.807, 2.05) is 11.8 Å². The molecule has 0 N–H and O–H groups in total. The Hall–Kier alpha value is -10.5. The smallest absolute Gasteiger partial charge is 0.0620 e. The molecule has 6 nitrogen and oxygen atoms in total. The molecule has 0 amide bonds. The van der Waals surface area contributed by atoms with Gasteiger partial charge >= 0.3 is 0 Å². The number of fused-ring (bicyclic) bond motifs is 14. The summed E-state index contributed by atoms with van der Waals surface area (Å²) in [5.41, 5.74) is 30.9. The van der Waals surface area contributed by atoms with Gasteiger partial charge in [0.1, 0.15) is 0 Å². The lowest BCUT2D eigenvalue weighted by Crippen LogP contribution is -2.56. The van der Waals surface area contributed by atoms with Crippen molar-refractivity contribution in [1.82, 2.24) is 0 Å². The van der Waals surface area contributed by atoms with Crippen molar-refractivity contribution in [2.75, 3.05) is 68.7 Å². The Morgan fingerprint density at radius 2 is 0.821 bits per heavy atom. The van der Waals surface area contributed by atoms with Crippen LogP contribution in [0.1, 0.15) is 157 Å². The zero-order valence-corrected chi connectivity index (χ0v) is 66.5. The van der Waals surface area contributed by atoms with Gasteiger partial charge in [-0.05, 0) is 275 Å². The SMILES string of the molecule is CC1C=C(c2c3cc(N4CCCCC4C4CCCCN4c4ccc5c(-c6ccc7c(c6)C(C)(C)c6ccccc6-7)c6cc(N7CCCCC7)ccc6c(N6c7ccccc7CCc7ccccc76)c5c4)ccc3c(N3c4ccccc4Sc4ccccc43)c3cc(N4CCCCC4)ccc23)C=C2C1c1ccccc1C2(C)C. The van der Waals surface area contributed by atoms with Crippen LogP contribution in [0.4, 0.5) is 56.9 Å². The molecule has 13 aromatic rings. The van der Waals surface area contributed by atoms with Gasteiger partial charge in [-0.25, -0.2) is 0 Å². The van der Waals surface area contributed by atoms with Gasteiger partial charge in [-0.3, -0.25) is 0 Å². The average Bonchev–Trinajstić information content (AvgIpc) is 1.54. The second kappa shape index (κ2) is 26.9. The fraction of sp³-hybridized carbons (Fsp3) is 0.295. The summed E-state index contributed by atoms with van der Waals surface area (Å²) in [5, 5.41) is 10.5. The minimum atomic E-state index is -0.154. The molecule has 0 spiro atoms. The van der Waals surface area contributed by atoms with Crippen LogP contribution < -0.4 is 29.4 Å². The van der Waals surface area contributed by atoms with Crippen LogP contribution in [-0.2, 0) is 23.7 Å². The molecule has 13 aromatic carbocycles. The van der Waals surface area contributed by atoms with Gasteiger partial charge in [0.15, 0.2) is 0 Å².